The van der Waals surface area contributed by atoms with Crippen molar-refractivity contribution >= 4 is 11.6 Å². The largest absolute Gasteiger partial charge is 0.488 e. The first kappa shape index (κ1) is 20.6. The van der Waals surface area contributed by atoms with Crippen LogP contribution in [-0.2, 0) is 15.9 Å². The second kappa shape index (κ2) is 9.02. The Hall–Kier alpha value is -1.63. The number of rotatable bonds is 5. The predicted molar refractivity (Wildman–Crippen MR) is 110 cm³/mol. The van der Waals surface area contributed by atoms with E-state index in [0.29, 0.717) is 24.5 Å². The Morgan fingerprint density at radius 3 is 2.66 bits per heavy atom. The van der Waals surface area contributed by atoms with Gasteiger partial charge in [0.05, 0.1) is 25.4 Å². The van der Waals surface area contributed by atoms with Gasteiger partial charge in [0.15, 0.2) is 0 Å². The third-order valence-electron chi connectivity index (χ3n) is 5.56. The molecule has 2 heterocycles. The normalized spacial score (nSPS) is 29.7. The van der Waals surface area contributed by atoms with Crippen LogP contribution in [0.25, 0.3) is 0 Å². The fourth-order valence-corrected chi connectivity index (χ4v) is 4.14. The minimum absolute atomic E-state index is 0.115. The number of ether oxygens (including phenoxy) is 3. The molecule has 6 heteroatoms. The van der Waals surface area contributed by atoms with E-state index in [1.165, 1.54) is 0 Å². The van der Waals surface area contributed by atoms with E-state index in [4.69, 9.17) is 25.8 Å². The van der Waals surface area contributed by atoms with E-state index in [1.54, 1.807) is 0 Å². The molecule has 0 aromatic heterocycles. The van der Waals surface area contributed by atoms with Crippen LogP contribution in [0.1, 0.15) is 42.6 Å². The van der Waals surface area contributed by atoms with Crippen molar-refractivity contribution in [1.82, 2.24) is 0 Å². The first-order chi connectivity index (χ1) is 14.0. The van der Waals surface area contributed by atoms with Gasteiger partial charge in [-0.2, -0.15) is 0 Å². The van der Waals surface area contributed by atoms with Crippen LogP contribution in [0.2, 0.25) is 5.02 Å². The van der Waals surface area contributed by atoms with Gasteiger partial charge in [-0.25, -0.2) is 0 Å². The number of benzene rings is 2. The summed E-state index contributed by atoms with van der Waals surface area (Å²) in [6.07, 6.45) is -0.278. The Balaban J connectivity index is 1.47. The SMILES string of the molecule is CC1CC(O)[C@@H](O)C(c2ccc(Cl)c(Cc3ccc(OC4CCOC4)cc3)c2)O1. The summed E-state index contributed by atoms with van der Waals surface area (Å²) in [6, 6.07) is 13.6. The van der Waals surface area contributed by atoms with Gasteiger partial charge in [0.1, 0.15) is 24.1 Å². The highest BCUT2D eigenvalue weighted by Crippen LogP contribution is 2.34. The maximum absolute atomic E-state index is 10.4. The van der Waals surface area contributed by atoms with Crippen LogP contribution in [0.15, 0.2) is 42.5 Å². The van der Waals surface area contributed by atoms with Gasteiger partial charge >= 0.3 is 0 Å². The van der Waals surface area contributed by atoms with Crippen molar-refractivity contribution in [2.45, 2.75) is 56.7 Å². The summed E-state index contributed by atoms with van der Waals surface area (Å²) in [4.78, 5) is 0. The van der Waals surface area contributed by atoms with Crippen LogP contribution >= 0.6 is 11.6 Å². The molecule has 2 N–H and O–H groups in total. The molecule has 2 aromatic carbocycles. The molecule has 0 saturated carbocycles. The van der Waals surface area contributed by atoms with Gasteiger partial charge in [-0.1, -0.05) is 35.9 Å². The second-order valence-corrected chi connectivity index (χ2v) is 8.34. The molecule has 2 fully saturated rings. The smallest absolute Gasteiger partial charge is 0.124 e. The number of aliphatic hydroxyl groups is 2. The molecule has 2 aromatic rings. The van der Waals surface area contributed by atoms with E-state index < -0.39 is 18.3 Å². The van der Waals surface area contributed by atoms with E-state index in [2.05, 4.69) is 0 Å². The van der Waals surface area contributed by atoms with Crippen molar-refractivity contribution in [1.29, 1.82) is 0 Å². The first-order valence-corrected chi connectivity index (χ1v) is 10.5. The molecule has 2 saturated heterocycles. The summed E-state index contributed by atoms with van der Waals surface area (Å²) in [6.45, 7) is 3.31. The van der Waals surface area contributed by atoms with Crippen LogP contribution in [0.4, 0.5) is 0 Å². The van der Waals surface area contributed by atoms with Crippen LogP contribution in [0.5, 0.6) is 5.75 Å². The minimum Gasteiger partial charge on any atom is -0.488 e. The molecule has 156 valence electrons. The standard InChI is InChI=1S/C23H27ClO5/c1-14-10-21(25)22(26)23(28-14)16-4-7-20(24)17(12-16)11-15-2-5-18(6-3-15)29-19-8-9-27-13-19/h2-7,12,14,19,21-23,25-26H,8-11,13H2,1H3/t14?,19?,21?,22-,23?/m1/s1. The average Bonchev–Trinajstić information content (AvgIpc) is 3.21. The summed E-state index contributed by atoms with van der Waals surface area (Å²) in [5.41, 5.74) is 2.88. The Morgan fingerprint density at radius 2 is 1.93 bits per heavy atom. The van der Waals surface area contributed by atoms with E-state index >= 15 is 0 Å². The highest BCUT2D eigenvalue weighted by molar-refractivity contribution is 6.31. The summed E-state index contributed by atoms with van der Waals surface area (Å²) >= 11 is 6.43. The molecule has 4 rings (SSSR count). The van der Waals surface area contributed by atoms with Gasteiger partial charge < -0.3 is 24.4 Å². The fourth-order valence-electron chi connectivity index (χ4n) is 3.95. The zero-order valence-electron chi connectivity index (χ0n) is 16.5. The van der Waals surface area contributed by atoms with Crippen molar-refractivity contribution in [3.05, 3.63) is 64.2 Å². The maximum Gasteiger partial charge on any atom is 0.124 e. The zero-order valence-corrected chi connectivity index (χ0v) is 17.2. The van der Waals surface area contributed by atoms with Crippen molar-refractivity contribution in [2.24, 2.45) is 0 Å². The number of hydrogen-bond acceptors (Lipinski definition) is 5. The summed E-state index contributed by atoms with van der Waals surface area (Å²) in [5, 5.41) is 21.1. The summed E-state index contributed by atoms with van der Waals surface area (Å²) in [7, 11) is 0. The molecule has 0 radical (unpaired) electrons. The Labute approximate surface area is 176 Å². The molecule has 5 atom stereocenters. The maximum atomic E-state index is 10.4. The molecular formula is C23H27ClO5. The van der Waals surface area contributed by atoms with Gasteiger partial charge in [0.2, 0.25) is 0 Å². The highest BCUT2D eigenvalue weighted by Gasteiger charge is 2.36. The summed E-state index contributed by atoms with van der Waals surface area (Å²) in [5.74, 6) is 0.839. The highest BCUT2D eigenvalue weighted by atomic mass is 35.5. The van der Waals surface area contributed by atoms with Gasteiger partial charge in [-0.15, -0.1) is 0 Å². The molecule has 4 unspecified atom stereocenters. The lowest BCUT2D eigenvalue weighted by molar-refractivity contribution is -0.166. The van der Waals surface area contributed by atoms with Gasteiger partial charge in [0, 0.05) is 17.9 Å². The van der Waals surface area contributed by atoms with E-state index in [-0.39, 0.29) is 12.2 Å². The molecule has 0 amide bonds. The average molecular weight is 419 g/mol. The van der Waals surface area contributed by atoms with E-state index in [1.807, 2.05) is 49.4 Å². The second-order valence-electron chi connectivity index (χ2n) is 7.94. The molecule has 0 spiro atoms. The number of aliphatic hydroxyl groups excluding tert-OH is 2. The Bertz CT molecular complexity index is 819. The monoisotopic (exact) mass is 418 g/mol. The lowest BCUT2D eigenvalue weighted by Crippen LogP contribution is -2.42. The number of halogens is 1. The number of hydrogen-bond donors (Lipinski definition) is 2. The van der Waals surface area contributed by atoms with Crippen molar-refractivity contribution in [3.8, 4) is 5.75 Å². The van der Waals surface area contributed by atoms with E-state index in [9.17, 15) is 10.2 Å². The van der Waals surface area contributed by atoms with Crippen LogP contribution in [0, 0.1) is 0 Å². The quantitative estimate of drug-likeness (QED) is 0.775. The molecular weight excluding hydrogens is 392 g/mol. The summed E-state index contributed by atoms with van der Waals surface area (Å²) < 4.78 is 17.2. The molecule has 2 aliphatic rings. The van der Waals surface area contributed by atoms with Crippen LogP contribution < -0.4 is 4.74 Å². The van der Waals surface area contributed by atoms with Crippen LogP contribution in [-0.4, -0.2) is 47.8 Å². The minimum atomic E-state index is -0.948. The third kappa shape index (κ3) is 4.93. The zero-order chi connectivity index (χ0) is 20.4. The lowest BCUT2D eigenvalue weighted by Gasteiger charge is -2.36. The van der Waals surface area contributed by atoms with E-state index in [0.717, 1.165) is 35.5 Å². The Morgan fingerprint density at radius 1 is 1.14 bits per heavy atom. The van der Waals surface area contributed by atoms with Gasteiger partial charge in [-0.05, 0) is 48.2 Å². The predicted octanol–water partition coefficient (Wildman–Crippen LogP) is 3.67. The van der Waals surface area contributed by atoms with Crippen molar-refractivity contribution in [3.63, 3.8) is 0 Å². The fraction of sp³-hybridized carbons (Fsp3) is 0.478. The topological polar surface area (TPSA) is 68.2 Å². The molecule has 29 heavy (non-hydrogen) atoms. The van der Waals surface area contributed by atoms with Gasteiger partial charge in [0.25, 0.3) is 0 Å². The molecule has 2 aliphatic heterocycles. The third-order valence-corrected chi connectivity index (χ3v) is 5.93. The molecule has 0 aliphatic carbocycles. The first-order valence-electron chi connectivity index (χ1n) is 10.1. The van der Waals surface area contributed by atoms with Crippen molar-refractivity contribution < 1.29 is 24.4 Å². The van der Waals surface area contributed by atoms with Gasteiger partial charge in [-0.3, -0.25) is 0 Å². The molecule has 5 nitrogen and oxygen atoms in total. The van der Waals surface area contributed by atoms with Crippen LogP contribution in [0.3, 0.4) is 0 Å². The lowest BCUT2D eigenvalue weighted by atomic mass is 9.92. The van der Waals surface area contributed by atoms with Crippen molar-refractivity contribution in [2.75, 3.05) is 13.2 Å². The Kier molecular flexibility index (Phi) is 6.42. The molecule has 0 bridgehead atoms.